The van der Waals surface area contributed by atoms with Crippen molar-refractivity contribution in [1.82, 2.24) is 5.32 Å². The van der Waals surface area contributed by atoms with E-state index in [1.165, 1.54) is 0 Å². The maximum absolute atomic E-state index is 12.4. The summed E-state index contributed by atoms with van der Waals surface area (Å²) in [5.41, 5.74) is 0.816. The van der Waals surface area contributed by atoms with Gasteiger partial charge in [-0.25, -0.2) is 4.79 Å². The number of ketones is 1. The monoisotopic (exact) mass is 405 g/mol. The van der Waals surface area contributed by atoms with E-state index < -0.39 is 26.2 Å². The molecule has 0 aliphatic rings. The van der Waals surface area contributed by atoms with E-state index in [1.54, 1.807) is 31.4 Å². The summed E-state index contributed by atoms with van der Waals surface area (Å²) in [6, 6.07) is 6.20. The molecule has 0 aliphatic heterocycles. The highest BCUT2D eigenvalue weighted by atomic mass is 28.4. The molecule has 1 aromatic carbocycles. The van der Waals surface area contributed by atoms with Gasteiger partial charge in [0.1, 0.15) is 11.8 Å². The fraction of sp³-hybridized carbons (Fsp3) is 0.524. The molecule has 0 aromatic heterocycles. The van der Waals surface area contributed by atoms with Crippen LogP contribution < -0.4 is 10.1 Å². The van der Waals surface area contributed by atoms with Crippen LogP contribution >= 0.6 is 0 Å². The molecule has 1 rings (SSSR count). The molecule has 1 amide bonds. The first-order valence-electron chi connectivity index (χ1n) is 9.25. The number of hydrogen-bond acceptors (Lipinski definition) is 4. The van der Waals surface area contributed by atoms with Crippen molar-refractivity contribution in [2.45, 2.75) is 57.8 Å². The molecule has 0 heterocycles. The summed E-state index contributed by atoms with van der Waals surface area (Å²) in [5.74, 6) is 5.60. The third kappa shape index (κ3) is 7.75. The van der Waals surface area contributed by atoms with Crippen molar-refractivity contribution in [2.75, 3.05) is 13.7 Å². The largest absolute Gasteiger partial charge is 0.497 e. The Morgan fingerprint density at radius 3 is 2.32 bits per heavy atom. The lowest BCUT2D eigenvalue weighted by molar-refractivity contribution is -0.115. The van der Waals surface area contributed by atoms with Crippen molar-refractivity contribution in [3.8, 4) is 17.6 Å². The van der Waals surface area contributed by atoms with Crippen LogP contribution in [0.5, 0.6) is 5.75 Å². The van der Waals surface area contributed by atoms with Crippen molar-refractivity contribution in [3.63, 3.8) is 0 Å². The van der Waals surface area contributed by atoms with Gasteiger partial charge in [-0.05, 0) is 41.7 Å². The van der Waals surface area contributed by atoms with Gasteiger partial charge in [0.25, 0.3) is 0 Å². The minimum atomic E-state index is -1.84. The second kappa shape index (κ2) is 10.3. The van der Waals surface area contributed by atoms with E-state index in [0.717, 1.165) is 5.56 Å². The molecule has 0 fully saturated rings. The van der Waals surface area contributed by atoms with Crippen molar-refractivity contribution >= 4 is 20.2 Å². The molecule has 6 nitrogen and oxygen atoms in total. The van der Waals surface area contributed by atoms with Crippen LogP contribution in [0.1, 0.15) is 32.8 Å². The SMILES string of the molecule is COc1ccc(C[C@H](NC(=O)O)C(=O)C#CCCO[Si](C)(C)C(C)(C)C)cc1. The Balaban J connectivity index is 2.68. The number of carbonyl (C=O) groups excluding carboxylic acids is 1. The van der Waals surface area contributed by atoms with Crippen LogP contribution in [0.15, 0.2) is 24.3 Å². The molecule has 0 saturated heterocycles. The molecule has 1 aromatic rings. The second-order valence-electron chi connectivity index (χ2n) is 8.08. The molecule has 28 heavy (non-hydrogen) atoms. The normalized spacial score (nSPS) is 12.5. The molecule has 0 aliphatic carbocycles. The molecular formula is C21H31NO5Si. The van der Waals surface area contributed by atoms with Crippen LogP contribution in [-0.2, 0) is 15.6 Å². The summed E-state index contributed by atoms with van der Waals surface area (Å²) >= 11 is 0. The van der Waals surface area contributed by atoms with Crippen molar-refractivity contribution in [3.05, 3.63) is 29.8 Å². The average Bonchev–Trinajstić information content (AvgIpc) is 2.60. The number of amides is 1. The van der Waals surface area contributed by atoms with E-state index in [1.807, 2.05) is 0 Å². The minimum absolute atomic E-state index is 0.116. The van der Waals surface area contributed by atoms with E-state index in [2.05, 4.69) is 51.0 Å². The maximum Gasteiger partial charge on any atom is 0.405 e. The van der Waals surface area contributed by atoms with Crippen LogP contribution in [0.4, 0.5) is 4.79 Å². The van der Waals surface area contributed by atoms with Gasteiger partial charge in [0.15, 0.2) is 8.32 Å². The Labute approximate surface area is 168 Å². The van der Waals surface area contributed by atoms with E-state index in [-0.39, 0.29) is 11.5 Å². The van der Waals surface area contributed by atoms with Crippen molar-refractivity contribution < 1.29 is 23.9 Å². The average molecular weight is 406 g/mol. The van der Waals surface area contributed by atoms with Gasteiger partial charge in [0.05, 0.1) is 7.11 Å². The lowest BCUT2D eigenvalue weighted by Crippen LogP contribution is -2.41. The number of hydrogen-bond donors (Lipinski definition) is 2. The third-order valence-electron chi connectivity index (χ3n) is 4.92. The number of carbonyl (C=O) groups is 2. The first kappa shape index (κ1) is 23.7. The molecule has 0 unspecified atom stereocenters. The van der Waals surface area contributed by atoms with Crippen LogP contribution in [0.25, 0.3) is 0 Å². The Kier molecular flexibility index (Phi) is 8.73. The molecule has 0 bridgehead atoms. The highest BCUT2D eigenvalue weighted by molar-refractivity contribution is 6.74. The van der Waals surface area contributed by atoms with Crippen LogP contribution in [0, 0.1) is 11.8 Å². The standard InChI is InChI=1S/C21H31NO5Si/c1-21(2,3)28(5,6)27-14-8-7-9-19(23)18(22-20(24)25)15-16-10-12-17(26-4)13-11-16/h10-13,18,22H,8,14-15H2,1-6H3,(H,24,25)/t18-/m0/s1. The summed E-state index contributed by atoms with van der Waals surface area (Å²) in [5, 5.41) is 11.4. The summed E-state index contributed by atoms with van der Waals surface area (Å²) in [4.78, 5) is 23.4. The molecule has 154 valence electrons. The second-order valence-corrected chi connectivity index (χ2v) is 12.9. The Morgan fingerprint density at radius 2 is 1.82 bits per heavy atom. The summed E-state index contributed by atoms with van der Waals surface area (Å²) in [7, 11) is -0.270. The van der Waals surface area contributed by atoms with E-state index in [0.29, 0.717) is 18.8 Å². The quantitative estimate of drug-likeness (QED) is 0.297. The molecule has 7 heteroatoms. The number of methoxy groups -OCH3 is 1. The number of Topliss-reactive ketones (excluding diaryl/α,β-unsaturated/α-hetero) is 1. The fourth-order valence-corrected chi connectivity index (χ4v) is 3.21. The highest BCUT2D eigenvalue weighted by Gasteiger charge is 2.36. The topological polar surface area (TPSA) is 84.9 Å². The zero-order valence-electron chi connectivity index (χ0n) is 17.6. The Bertz CT molecular complexity index is 726. The summed E-state index contributed by atoms with van der Waals surface area (Å²) in [6.45, 7) is 11.3. The molecule has 1 atom stereocenters. The van der Waals surface area contributed by atoms with Gasteiger partial charge >= 0.3 is 6.09 Å². The number of benzene rings is 1. The van der Waals surface area contributed by atoms with Crippen molar-refractivity contribution in [1.29, 1.82) is 0 Å². The zero-order chi connectivity index (χ0) is 21.4. The predicted molar refractivity (Wildman–Crippen MR) is 112 cm³/mol. The summed E-state index contributed by atoms with van der Waals surface area (Å²) in [6.07, 6.45) is -0.597. The summed E-state index contributed by atoms with van der Waals surface area (Å²) < 4.78 is 11.1. The zero-order valence-corrected chi connectivity index (χ0v) is 18.6. The first-order chi connectivity index (χ1) is 13.0. The van der Waals surface area contributed by atoms with Gasteiger partial charge in [-0.1, -0.05) is 38.8 Å². The molecule has 0 saturated carbocycles. The van der Waals surface area contributed by atoms with E-state index >= 15 is 0 Å². The molecule has 0 spiro atoms. The number of carboxylic acid groups (broad SMARTS) is 1. The predicted octanol–water partition coefficient (Wildman–Crippen LogP) is 3.86. The lowest BCUT2D eigenvalue weighted by atomic mass is 10.0. The Morgan fingerprint density at radius 1 is 1.21 bits per heavy atom. The van der Waals surface area contributed by atoms with Gasteiger partial charge in [-0.15, -0.1) is 0 Å². The smallest absolute Gasteiger partial charge is 0.405 e. The van der Waals surface area contributed by atoms with E-state index in [9.17, 15) is 9.59 Å². The van der Waals surface area contributed by atoms with Gasteiger partial charge in [-0.3, -0.25) is 4.79 Å². The third-order valence-corrected chi connectivity index (χ3v) is 9.46. The van der Waals surface area contributed by atoms with Crippen LogP contribution in [0.3, 0.4) is 0 Å². The lowest BCUT2D eigenvalue weighted by Gasteiger charge is -2.35. The number of ether oxygens (including phenoxy) is 1. The van der Waals surface area contributed by atoms with E-state index in [4.69, 9.17) is 14.3 Å². The maximum atomic E-state index is 12.4. The van der Waals surface area contributed by atoms with Crippen LogP contribution in [-0.4, -0.2) is 45.1 Å². The molecular weight excluding hydrogens is 374 g/mol. The number of rotatable bonds is 8. The molecule has 0 radical (unpaired) electrons. The Hall–Kier alpha value is -2.30. The first-order valence-corrected chi connectivity index (χ1v) is 12.2. The molecule has 2 N–H and O–H groups in total. The highest BCUT2D eigenvalue weighted by Crippen LogP contribution is 2.36. The number of nitrogens with one attached hydrogen (secondary N) is 1. The fourth-order valence-electron chi connectivity index (χ4n) is 2.17. The van der Waals surface area contributed by atoms with Crippen LogP contribution in [0.2, 0.25) is 18.1 Å². The van der Waals surface area contributed by atoms with Gasteiger partial charge in [0.2, 0.25) is 5.78 Å². The minimum Gasteiger partial charge on any atom is -0.497 e. The van der Waals surface area contributed by atoms with Gasteiger partial charge in [-0.2, -0.15) is 0 Å². The van der Waals surface area contributed by atoms with Gasteiger partial charge < -0.3 is 19.6 Å². The van der Waals surface area contributed by atoms with Crippen molar-refractivity contribution in [2.24, 2.45) is 0 Å². The van der Waals surface area contributed by atoms with Gasteiger partial charge in [0, 0.05) is 19.4 Å².